The van der Waals surface area contributed by atoms with Crippen molar-refractivity contribution < 1.29 is 14.3 Å². The lowest BCUT2D eigenvalue weighted by atomic mass is 10.1. The molecule has 23 heavy (non-hydrogen) atoms. The first-order valence-electron chi connectivity index (χ1n) is 8.04. The lowest BCUT2D eigenvalue weighted by molar-refractivity contribution is -0.126. The summed E-state index contributed by atoms with van der Waals surface area (Å²) >= 11 is 0. The number of aryl methyl sites for hydroxylation is 1. The number of carbonyl (C=O) groups excluding carboxylic acids is 1. The highest BCUT2D eigenvalue weighted by atomic mass is 35.5. The zero-order valence-electron chi connectivity index (χ0n) is 13.8. The quantitative estimate of drug-likeness (QED) is 0.747. The lowest BCUT2D eigenvalue weighted by Gasteiger charge is -2.15. The summed E-state index contributed by atoms with van der Waals surface area (Å²) in [7, 11) is 0. The second-order valence-corrected chi connectivity index (χ2v) is 5.73. The average molecular weight is 343 g/mol. The Morgan fingerprint density at radius 1 is 1.43 bits per heavy atom. The van der Waals surface area contributed by atoms with Crippen molar-refractivity contribution in [3.63, 3.8) is 0 Å². The third-order valence-corrected chi connectivity index (χ3v) is 3.89. The van der Waals surface area contributed by atoms with E-state index in [-0.39, 0.29) is 24.4 Å². The van der Waals surface area contributed by atoms with E-state index >= 15 is 0 Å². The van der Waals surface area contributed by atoms with Gasteiger partial charge in [-0.2, -0.15) is 0 Å². The van der Waals surface area contributed by atoms with Gasteiger partial charge in [0.05, 0.1) is 12.7 Å². The van der Waals surface area contributed by atoms with Crippen LogP contribution >= 0.6 is 12.4 Å². The second-order valence-electron chi connectivity index (χ2n) is 5.73. The Morgan fingerprint density at radius 2 is 2.22 bits per heavy atom. The molecule has 1 heterocycles. The number of anilines is 1. The molecule has 0 radical (unpaired) electrons. The number of rotatable bonds is 7. The van der Waals surface area contributed by atoms with Crippen molar-refractivity contribution in [1.29, 1.82) is 0 Å². The number of amides is 1. The van der Waals surface area contributed by atoms with Crippen LogP contribution in [0.15, 0.2) is 18.2 Å². The van der Waals surface area contributed by atoms with Gasteiger partial charge in [-0.1, -0.05) is 13.3 Å². The van der Waals surface area contributed by atoms with Crippen LogP contribution in [0.3, 0.4) is 0 Å². The summed E-state index contributed by atoms with van der Waals surface area (Å²) in [4.78, 5) is 12.2. The van der Waals surface area contributed by atoms with E-state index in [1.54, 1.807) is 0 Å². The van der Waals surface area contributed by atoms with Crippen molar-refractivity contribution in [1.82, 2.24) is 0 Å². The number of nitrogens with one attached hydrogen (secondary N) is 1. The zero-order valence-corrected chi connectivity index (χ0v) is 14.7. The molecule has 2 rings (SSSR count). The van der Waals surface area contributed by atoms with E-state index in [0.717, 1.165) is 49.3 Å². The molecule has 1 aliphatic heterocycles. The summed E-state index contributed by atoms with van der Waals surface area (Å²) in [6.45, 7) is 5.28. The van der Waals surface area contributed by atoms with Gasteiger partial charge in [-0.25, -0.2) is 0 Å². The van der Waals surface area contributed by atoms with E-state index in [1.807, 2.05) is 25.1 Å². The number of hydrogen-bond acceptors (Lipinski definition) is 4. The Hall–Kier alpha value is -1.30. The molecule has 6 heteroatoms. The average Bonchev–Trinajstić information content (AvgIpc) is 2.99. The Balaban J connectivity index is 0.00000264. The minimum atomic E-state index is -0.395. The first kappa shape index (κ1) is 19.7. The minimum absolute atomic E-state index is 0. The predicted octanol–water partition coefficient (Wildman–Crippen LogP) is 3.04. The number of benzene rings is 1. The Bertz CT molecular complexity index is 511. The Kier molecular flexibility index (Phi) is 8.37. The van der Waals surface area contributed by atoms with Crippen LogP contribution in [0.2, 0.25) is 0 Å². The molecule has 130 valence electrons. The smallest absolute Gasteiger partial charge is 0.253 e. The van der Waals surface area contributed by atoms with Gasteiger partial charge in [0.25, 0.3) is 5.91 Å². The molecule has 0 bridgehead atoms. The number of ether oxygens (including phenoxy) is 2. The van der Waals surface area contributed by atoms with Gasteiger partial charge in [0.2, 0.25) is 0 Å². The zero-order chi connectivity index (χ0) is 15.9. The van der Waals surface area contributed by atoms with Gasteiger partial charge < -0.3 is 20.5 Å². The molecule has 1 aliphatic rings. The van der Waals surface area contributed by atoms with E-state index < -0.39 is 6.10 Å². The number of carbonyl (C=O) groups is 1. The highest BCUT2D eigenvalue weighted by Crippen LogP contribution is 2.24. The van der Waals surface area contributed by atoms with Gasteiger partial charge in [0.15, 0.2) is 0 Å². The van der Waals surface area contributed by atoms with E-state index in [9.17, 15) is 4.79 Å². The molecule has 0 aromatic heterocycles. The van der Waals surface area contributed by atoms with E-state index in [4.69, 9.17) is 15.2 Å². The molecule has 1 amide bonds. The number of halogens is 1. The van der Waals surface area contributed by atoms with Gasteiger partial charge in [0.1, 0.15) is 11.9 Å². The van der Waals surface area contributed by atoms with Gasteiger partial charge >= 0.3 is 0 Å². The van der Waals surface area contributed by atoms with Crippen molar-refractivity contribution in [3.05, 3.63) is 23.8 Å². The highest BCUT2D eigenvalue weighted by molar-refractivity contribution is 5.95. The number of hydrogen-bond donors (Lipinski definition) is 2. The molecule has 1 aromatic rings. The molecule has 3 N–H and O–H groups in total. The molecule has 1 aromatic carbocycles. The van der Waals surface area contributed by atoms with Crippen LogP contribution in [-0.4, -0.2) is 31.3 Å². The molecule has 1 fully saturated rings. The minimum Gasteiger partial charge on any atom is -0.494 e. The Morgan fingerprint density at radius 3 is 2.83 bits per heavy atom. The fourth-order valence-electron chi connectivity index (χ4n) is 2.49. The monoisotopic (exact) mass is 342 g/mol. The molecular weight excluding hydrogens is 316 g/mol. The third-order valence-electron chi connectivity index (χ3n) is 3.89. The van der Waals surface area contributed by atoms with Crippen molar-refractivity contribution in [2.75, 3.05) is 18.5 Å². The lowest BCUT2D eigenvalue weighted by Crippen LogP contribution is -2.30. The first-order valence-corrected chi connectivity index (χ1v) is 8.04. The maximum Gasteiger partial charge on any atom is 0.253 e. The molecule has 0 spiro atoms. The van der Waals surface area contributed by atoms with Crippen LogP contribution < -0.4 is 15.8 Å². The largest absolute Gasteiger partial charge is 0.494 e. The van der Waals surface area contributed by atoms with Crippen molar-refractivity contribution >= 4 is 24.0 Å². The van der Waals surface area contributed by atoms with Crippen LogP contribution in [0, 0.1) is 6.92 Å². The summed E-state index contributed by atoms with van der Waals surface area (Å²) in [5.41, 5.74) is 7.35. The molecule has 1 saturated heterocycles. The van der Waals surface area contributed by atoms with Crippen LogP contribution in [0.5, 0.6) is 5.75 Å². The van der Waals surface area contributed by atoms with Gasteiger partial charge in [-0.15, -0.1) is 12.4 Å². The third kappa shape index (κ3) is 5.68. The summed E-state index contributed by atoms with van der Waals surface area (Å²) in [6, 6.07) is 5.71. The van der Waals surface area contributed by atoms with Crippen molar-refractivity contribution in [2.24, 2.45) is 5.73 Å². The van der Waals surface area contributed by atoms with E-state index in [0.29, 0.717) is 6.54 Å². The molecule has 0 unspecified atom stereocenters. The van der Waals surface area contributed by atoms with Crippen molar-refractivity contribution in [3.8, 4) is 5.75 Å². The van der Waals surface area contributed by atoms with Crippen LogP contribution in [0.25, 0.3) is 0 Å². The molecule has 0 saturated carbocycles. The molecule has 2 atom stereocenters. The summed E-state index contributed by atoms with van der Waals surface area (Å²) in [5, 5.41) is 2.93. The summed E-state index contributed by atoms with van der Waals surface area (Å²) in [5.74, 6) is 0.739. The topological polar surface area (TPSA) is 73.6 Å². The summed E-state index contributed by atoms with van der Waals surface area (Å²) in [6.07, 6.45) is 3.33. The van der Waals surface area contributed by atoms with E-state index in [1.165, 1.54) is 0 Å². The van der Waals surface area contributed by atoms with Crippen LogP contribution in [0.4, 0.5) is 5.69 Å². The predicted molar refractivity (Wildman–Crippen MR) is 94.4 cm³/mol. The van der Waals surface area contributed by atoms with Crippen LogP contribution in [0.1, 0.15) is 38.2 Å². The van der Waals surface area contributed by atoms with Crippen molar-refractivity contribution in [2.45, 2.75) is 51.7 Å². The van der Waals surface area contributed by atoms with Crippen LogP contribution in [-0.2, 0) is 9.53 Å². The standard InChI is InChI=1S/C17H26N2O3.ClH/c1-3-4-9-21-13-5-7-15(12(2)10-13)19-17(20)16-8-6-14(11-18)22-16;/h5,7,10,14,16H,3-4,6,8-9,11,18H2,1-2H3,(H,19,20);1H/t14-,16+;/m1./s1. The number of unbranched alkanes of at least 4 members (excludes halogenated alkanes) is 1. The highest BCUT2D eigenvalue weighted by Gasteiger charge is 2.29. The Labute approximate surface area is 144 Å². The molecule has 0 aliphatic carbocycles. The normalized spacial score (nSPS) is 20.0. The van der Waals surface area contributed by atoms with Gasteiger partial charge in [0, 0.05) is 12.2 Å². The van der Waals surface area contributed by atoms with Gasteiger partial charge in [-0.05, 0) is 49.9 Å². The SMILES string of the molecule is CCCCOc1ccc(NC(=O)[C@@H]2CC[C@H](CN)O2)c(C)c1.Cl. The second kappa shape index (κ2) is 9.75. The maximum atomic E-state index is 12.2. The fraction of sp³-hybridized carbons (Fsp3) is 0.588. The molecule has 5 nitrogen and oxygen atoms in total. The van der Waals surface area contributed by atoms with Gasteiger partial charge in [-0.3, -0.25) is 4.79 Å². The first-order chi connectivity index (χ1) is 10.6. The fourth-order valence-corrected chi connectivity index (χ4v) is 2.49. The van der Waals surface area contributed by atoms with E-state index in [2.05, 4.69) is 12.2 Å². The summed E-state index contributed by atoms with van der Waals surface area (Å²) < 4.78 is 11.3. The molecular formula is C17H27ClN2O3. The maximum absolute atomic E-state index is 12.2. The number of nitrogens with two attached hydrogens (primary N) is 1.